The zero-order valence-corrected chi connectivity index (χ0v) is 25.3. The van der Waals surface area contributed by atoms with E-state index in [4.69, 9.17) is 15.6 Å². The molecule has 1 amide bonds. The number of fused-ring (bicyclic) bond motifs is 2. The number of methoxy groups -OCH3 is 1. The monoisotopic (exact) mass is 596 g/mol. The lowest BCUT2D eigenvalue weighted by molar-refractivity contribution is 0.0815. The Bertz CT molecular complexity index is 1750. The van der Waals surface area contributed by atoms with Gasteiger partial charge in [0.1, 0.15) is 23.6 Å². The van der Waals surface area contributed by atoms with E-state index in [1.165, 1.54) is 17.7 Å². The fourth-order valence-corrected chi connectivity index (χ4v) is 7.48. The van der Waals surface area contributed by atoms with Crippen LogP contribution in [-0.4, -0.2) is 81.8 Å². The predicted octanol–water partition coefficient (Wildman–Crippen LogP) is 5.28. The molecule has 2 aromatic carbocycles. The maximum atomic E-state index is 13.1. The average Bonchev–Trinajstić information content (AvgIpc) is 3.65. The lowest BCUT2D eigenvalue weighted by atomic mass is 9.90. The fraction of sp³-hybridized carbons (Fsp3) is 0.375. The van der Waals surface area contributed by atoms with Crippen LogP contribution in [0.25, 0.3) is 32.4 Å². The minimum atomic E-state index is -0.174. The molecule has 0 atom stereocenters. The van der Waals surface area contributed by atoms with Crippen molar-refractivity contribution in [1.82, 2.24) is 29.5 Å². The zero-order valence-electron chi connectivity index (χ0n) is 24.5. The van der Waals surface area contributed by atoms with Crippen molar-refractivity contribution in [3.05, 3.63) is 59.7 Å². The Hall–Kier alpha value is -4.06. The number of benzene rings is 2. The molecule has 2 aliphatic rings. The van der Waals surface area contributed by atoms with Crippen LogP contribution in [0.5, 0.6) is 5.75 Å². The van der Waals surface area contributed by atoms with Gasteiger partial charge in [-0.15, -0.1) is 11.3 Å². The lowest BCUT2D eigenvalue weighted by Crippen LogP contribution is -2.49. The van der Waals surface area contributed by atoms with Crippen LogP contribution in [0.15, 0.2) is 54.9 Å². The van der Waals surface area contributed by atoms with Crippen molar-refractivity contribution in [3.8, 4) is 17.0 Å². The molecule has 5 aromatic rings. The van der Waals surface area contributed by atoms with E-state index >= 15 is 0 Å². The second-order valence-corrected chi connectivity index (χ2v) is 12.7. The smallest absolute Gasteiger partial charge is 0.265 e. The molecule has 43 heavy (non-hydrogen) atoms. The number of nitrogens with one attached hydrogen (secondary N) is 1. The van der Waals surface area contributed by atoms with Gasteiger partial charge >= 0.3 is 0 Å². The SMILES string of the molecule is COc1cc(-c2nn(C3CCC(N4CCN(C)CC4)CC3)c3ncnc(N)c23)ccc1NC(=O)c1cc2ccccc2s1. The van der Waals surface area contributed by atoms with Crippen LogP contribution in [0, 0.1) is 0 Å². The number of rotatable bonds is 6. The molecule has 1 saturated carbocycles. The molecule has 0 spiro atoms. The van der Waals surface area contributed by atoms with Gasteiger partial charge in [0.2, 0.25) is 0 Å². The van der Waals surface area contributed by atoms with Crippen molar-refractivity contribution < 1.29 is 9.53 Å². The largest absolute Gasteiger partial charge is 0.495 e. The van der Waals surface area contributed by atoms with Crippen molar-refractivity contribution in [2.24, 2.45) is 0 Å². The molecule has 222 valence electrons. The lowest BCUT2D eigenvalue weighted by Gasteiger charge is -2.41. The molecule has 0 bridgehead atoms. The number of hydrogen-bond donors (Lipinski definition) is 2. The summed E-state index contributed by atoms with van der Waals surface area (Å²) >= 11 is 1.47. The van der Waals surface area contributed by atoms with E-state index in [9.17, 15) is 4.79 Å². The summed E-state index contributed by atoms with van der Waals surface area (Å²) in [5.74, 6) is 0.767. The number of ether oxygens (including phenoxy) is 1. The number of anilines is 2. The first-order valence-corrected chi connectivity index (χ1v) is 15.7. The van der Waals surface area contributed by atoms with E-state index in [2.05, 4.69) is 36.8 Å². The number of thiophene rings is 1. The molecule has 11 heteroatoms. The molecular weight excluding hydrogens is 560 g/mol. The fourth-order valence-electron chi connectivity index (χ4n) is 6.53. The van der Waals surface area contributed by atoms with Gasteiger partial charge in [0, 0.05) is 42.5 Å². The number of piperazine rings is 1. The third-order valence-corrected chi connectivity index (χ3v) is 10.1. The Labute approximate surface area is 254 Å². The molecule has 3 N–H and O–H groups in total. The molecule has 2 fully saturated rings. The number of likely N-dealkylation sites (N-methyl/N-ethyl adjacent to an activating group) is 1. The molecule has 1 saturated heterocycles. The van der Waals surface area contributed by atoms with E-state index in [1.807, 2.05) is 48.5 Å². The molecule has 10 nitrogen and oxygen atoms in total. The van der Waals surface area contributed by atoms with Crippen molar-refractivity contribution in [3.63, 3.8) is 0 Å². The number of carbonyl (C=O) groups is 1. The van der Waals surface area contributed by atoms with Gasteiger partial charge in [-0.2, -0.15) is 5.10 Å². The number of hydrogen-bond acceptors (Lipinski definition) is 9. The summed E-state index contributed by atoms with van der Waals surface area (Å²) in [6.45, 7) is 4.57. The van der Waals surface area contributed by atoms with E-state index in [0.717, 1.165) is 84.2 Å². The number of nitrogens with zero attached hydrogens (tertiary/aromatic N) is 6. The first kappa shape index (κ1) is 27.8. The van der Waals surface area contributed by atoms with Gasteiger partial charge in [-0.25, -0.2) is 14.6 Å². The summed E-state index contributed by atoms with van der Waals surface area (Å²) in [4.78, 5) is 27.8. The third-order valence-electron chi connectivity index (χ3n) is 8.96. The predicted molar refractivity (Wildman–Crippen MR) is 172 cm³/mol. The van der Waals surface area contributed by atoms with E-state index in [0.29, 0.717) is 28.2 Å². The summed E-state index contributed by atoms with van der Waals surface area (Å²) in [7, 11) is 3.80. The van der Waals surface area contributed by atoms with E-state index in [-0.39, 0.29) is 11.9 Å². The molecule has 4 heterocycles. The Kier molecular flexibility index (Phi) is 7.46. The second kappa shape index (κ2) is 11.6. The van der Waals surface area contributed by atoms with Crippen molar-refractivity contribution in [1.29, 1.82) is 0 Å². The van der Waals surface area contributed by atoms with Crippen molar-refractivity contribution >= 4 is 49.9 Å². The summed E-state index contributed by atoms with van der Waals surface area (Å²) in [6, 6.07) is 16.4. The van der Waals surface area contributed by atoms with Gasteiger partial charge in [-0.3, -0.25) is 9.69 Å². The third kappa shape index (κ3) is 5.32. The minimum absolute atomic E-state index is 0.174. The number of nitrogens with two attached hydrogens (primary N) is 1. The molecule has 1 aliphatic carbocycles. The Morgan fingerprint density at radius 2 is 1.77 bits per heavy atom. The van der Waals surface area contributed by atoms with Crippen LogP contribution in [0.3, 0.4) is 0 Å². The van der Waals surface area contributed by atoms with Crippen LogP contribution in [-0.2, 0) is 0 Å². The maximum absolute atomic E-state index is 13.1. The average molecular weight is 597 g/mol. The van der Waals surface area contributed by atoms with E-state index in [1.54, 1.807) is 7.11 Å². The standard InChI is InChI=1S/C32H36N8O2S/c1-38-13-15-39(16-14-38)22-8-10-23(11-9-22)40-31-28(30(33)34-19-35-31)29(37-40)21-7-12-24(25(17-21)42-2)36-32(41)27-18-20-5-3-4-6-26(20)43-27/h3-7,12,17-19,22-23H,8-11,13-16H2,1-2H3,(H,36,41)(H2,33,34,35). The highest BCUT2D eigenvalue weighted by molar-refractivity contribution is 7.20. The summed E-state index contributed by atoms with van der Waals surface area (Å²) < 4.78 is 8.86. The number of aromatic nitrogens is 4. The van der Waals surface area contributed by atoms with E-state index < -0.39 is 0 Å². The Morgan fingerprint density at radius 3 is 2.53 bits per heavy atom. The van der Waals surface area contributed by atoms with Crippen molar-refractivity contribution in [2.45, 2.75) is 37.8 Å². The normalized spacial score (nSPS) is 20.0. The number of carbonyl (C=O) groups excluding carboxylic acids is 1. The minimum Gasteiger partial charge on any atom is -0.495 e. The molecule has 1 aliphatic heterocycles. The quantitative estimate of drug-likeness (QED) is 0.272. The van der Waals surface area contributed by atoms with Crippen LogP contribution in [0.2, 0.25) is 0 Å². The van der Waals surface area contributed by atoms with Crippen molar-refractivity contribution in [2.75, 3.05) is 51.4 Å². The number of nitrogen functional groups attached to an aromatic ring is 1. The number of amides is 1. The van der Waals surface area contributed by atoms with Gasteiger partial charge in [0.25, 0.3) is 5.91 Å². The molecule has 0 unspecified atom stereocenters. The van der Waals surface area contributed by atoms with Crippen LogP contribution < -0.4 is 15.8 Å². The van der Waals surface area contributed by atoms with Crippen LogP contribution in [0.4, 0.5) is 11.5 Å². The maximum Gasteiger partial charge on any atom is 0.265 e. The molecule has 0 radical (unpaired) electrons. The second-order valence-electron chi connectivity index (χ2n) is 11.6. The first-order chi connectivity index (χ1) is 21.0. The highest BCUT2D eigenvalue weighted by atomic mass is 32.1. The Balaban J connectivity index is 1.15. The van der Waals surface area contributed by atoms with Gasteiger partial charge in [-0.05, 0) is 62.4 Å². The first-order valence-electron chi connectivity index (χ1n) is 14.9. The molecular formula is C32H36N8O2S. The van der Waals surface area contributed by atoms with Gasteiger partial charge in [0.15, 0.2) is 5.65 Å². The van der Waals surface area contributed by atoms with Gasteiger partial charge in [0.05, 0.1) is 29.1 Å². The highest BCUT2D eigenvalue weighted by Gasteiger charge is 2.31. The van der Waals surface area contributed by atoms with Crippen LogP contribution in [0.1, 0.15) is 41.4 Å². The summed E-state index contributed by atoms with van der Waals surface area (Å²) in [5.41, 5.74) is 9.32. The topological polar surface area (TPSA) is 114 Å². The Morgan fingerprint density at radius 1 is 1.00 bits per heavy atom. The van der Waals surface area contributed by atoms with Gasteiger partial charge < -0.3 is 20.7 Å². The van der Waals surface area contributed by atoms with Crippen LogP contribution >= 0.6 is 11.3 Å². The van der Waals surface area contributed by atoms with Gasteiger partial charge in [-0.1, -0.05) is 24.3 Å². The zero-order chi connectivity index (χ0) is 29.5. The molecule has 7 rings (SSSR count). The summed E-state index contributed by atoms with van der Waals surface area (Å²) in [5, 5.41) is 9.92. The highest BCUT2D eigenvalue weighted by Crippen LogP contribution is 2.39. The molecule has 3 aromatic heterocycles. The summed E-state index contributed by atoms with van der Waals surface area (Å²) in [6.07, 6.45) is 5.90.